The molecule has 0 radical (unpaired) electrons. The van der Waals surface area contributed by atoms with Gasteiger partial charge in [-0.2, -0.15) is 0 Å². The first-order chi connectivity index (χ1) is 11.6. The fourth-order valence-corrected chi connectivity index (χ4v) is 5.04. The van der Waals surface area contributed by atoms with Crippen molar-refractivity contribution in [2.45, 2.75) is 70.4 Å². The first kappa shape index (κ1) is 17.5. The van der Waals surface area contributed by atoms with Gasteiger partial charge in [0.15, 0.2) is 0 Å². The van der Waals surface area contributed by atoms with E-state index < -0.39 is 0 Å². The molecule has 1 aromatic rings. The van der Waals surface area contributed by atoms with Crippen LogP contribution in [0.15, 0.2) is 17.8 Å². The fraction of sp³-hybridized carbons (Fsp3) is 0.632. The summed E-state index contributed by atoms with van der Waals surface area (Å²) in [4.78, 5) is 6.41. The van der Waals surface area contributed by atoms with E-state index >= 15 is 0 Å². The molecular weight excluding hydrogens is 318 g/mol. The fourth-order valence-electron chi connectivity index (χ4n) is 3.93. The molecule has 1 unspecified atom stereocenters. The minimum Gasteiger partial charge on any atom is -0.393 e. The van der Waals surface area contributed by atoms with Gasteiger partial charge in [0.25, 0.3) is 0 Å². The first-order valence-electron chi connectivity index (χ1n) is 9.16. The average Bonchev–Trinajstić information content (AvgIpc) is 2.91. The second-order valence-corrected chi connectivity index (χ2v) is 8.19. The molecule has 0 aromatic carbocycles. The number of rotatable bonds is 4. The molecule has 5 heteroatoms. The van der Waals surface area contributed by atoms with Crippen LogP contribution in [-0.4, -0.2) is 23.1 Å². The molecule has 0 spiro atoms. The summed E-state index contributed by atoms with van der Waals surface area (Å²) < 4.78 is 0. The minimum atomic E-state index is -0.156. The van der Waals surface area contributed by atoms with Crippen LogP contribution in [-0.2, 0) is 12.8 Å². The van der Waals surface area contributed by atoms with Gasteiger partial charge in [0, 0.05) is 4.88 Å². The van der Waals surface area contributed by atoms with Crippen LogP contribution < -0.4 is 11.1 Å². The third-order valence-electron chi connectivity index (χ3n) is 5.42. The quantitative estimate of drug-likeness (QED) is 0.575. The van der Waals surface area contributed by atoms with Gasteiger partial charge in [-0.3, -0.25) is 4.99 Å². The van der Waals surface area contributed by atoms with E-state index in [2.05, 4.69) is 18.8 Å². The molecule has 132 valence electrons. The first-order valence-corrected chi connectivity index (χ1v) is 9.97. The Kier molecular flexibility index (Phi) is 5.61. The predicted molar refractivity (Wildman–Crippen MR) is 103 cm³/mol. The Balaban J connectivity index is 1.91. The standard InChI is InChI=1S/C19H29N3OS/c1-3-12-5-10-16-15(11-12)17(18(20)24-16)19(21-4-2)22-13-6-8-14(23)9-7-13/h4,12-14,23H,2-3,5-11,20H2,1H3,(H,21,22). The summed E-state index contributed by atoms with van der Waals surface area (Å²) in [5.41, 5.74) is 8.90. The van der Waals surface area contributed by atoms with E-state index in [4.69, 9.17) is 10.7 Å². The third kappa shape index (κ3) is 3.67. The summed E-state index contributed by atoms with van der Waals surface area (Å²) in [6.45, 7) is 6.09. The van der Waals surface area contributed by atoms with Crippen LogP contribution in [0.3, 0.4) is 0 Å². The Morgan fingerprint density at radius 2 is 2.12 bits per heavy atom. The van der Waals surface area contributed by atoms with Crippen LogP contribution in [0, 0.1) is 5.92 Å². The molecule has 2 aliphatic carbocycles. The van der Waals surface area contributed by atoms with Crippen molar-refractivity contribution in [1.29, 1.82) is 0 Å². The lowest BCUT2D eigenvalue weighted by atomic mass is 9.84. The van der Waals surface area contributed by atoms with E-state index in [1.807, 2.05) is 0 Å². The van der Waals surface area contributed by atoms with Crippen LogP contribution in [0.5, 0.6) is 0 Å². The van der Waals surface area contributed by atoms with Crippen molar-refractivity contribution >= 4 is 22.2 Å². The van der Waals surface area contributed by atoms with E-state index in [0.717, 1.165) is 60.8 Å². The van der Waals surface area contributed by atoms with Crippen LogP contribution in [0.25, 0.3) is 0 Å². The average molecular weight is 348 g/mol. The maximum absolute atomic E-state index is 9.71. The molecule has 0 bridgehead atoms. The summed E-state index contributed by atoms with van der Waals surface area (Å²) in [6.07, 6.45) is 9.82. The Bertz CT molecular complexity index is 614. The van der Waals surface area contributed by atoms with Gasteiger partial charge in [0.1, 0.15) is 5.84 Å². The lowest BCUT2D eigenvalue weighted by Crippen LogP contribution is -2.27. The number of nitrogens with two attached hydrogens (primary N) is 1. The number of aryl methyl sites for hydroxylation is 1. The Hall–Kier alpha value is -1.33. The van der Waals surface area contributed by atoms with Gasteiger partial charge >= 0.3 is 0 Å². The SMILES string of the molecule is C=CNC(=NC1CCC(O)CC1)c1c(N)sc2c1CC(CC)CC2. The number of nitrogen functional groups attached to an aromatic ring is 1. The van der Waals surface area contributed by atoms with Crippen LogP contribution in [0.1, 0.15) is 61.5 Å². The van der Waals surface area contributed by atoms with Gasteiger partial charge < -0.3 is 16.2 Å². The smallest absolute Gasteiger partial charge is 0.135 e. The number of aliphatic hydroxyl groups is 1. The molecular formula is C19H29N3OS. The number of fused-ring (bicyclic) bond motifs is 1. The van der Waals surface area contributed by atoms with Gasteiger partial charge in [-0.15, -0.1) is 11.3 Å². The number of amidine groups is 1. The van der Waals surface area contributed by atoms with E-state index in [1.165, 1.54) is 23.3 Å². The molecule has 1 saturated carbocycles. The number of hydrogen-bond donors (Lipinski definition) is 3. The Morgan fingerprint density at radius 3 is 2.79 bits per heavy atom. The molecule has 4 nitrogen and oxygen atoms in total. The van der Waals surface area contributed by atoms with Gasteiger partial charge in [-0.05, 0) is 62.6 Å². The lowest BCUT2D eigenvalue weighted by molar-refractivity contribution is 0.123. The number of aliphatic hydroxyl groups excluding tert-OH is 1. The molecule has 1 aromatic heterocycles. The number of nitrogens with one attached hydrogen (secondary N) is 1. The topological polar surface area (TPSA) is 70.6 Å². The van der Waals surface area contributed by atoms with Crippen LogP contribution >= 0.6 is 11.3 Å². The monoisotopic (exact) mass is 347 g/mol. The van der Waals surface area contributed by atoms with E-state index in [-0.39, 0.29) is 12.1 Å². The second kappa shape index (κ2) is 7.70. The highest BCUT2D eigenvalue weighted by Gasteiger charge is 2.27. The van der Waals surface area contributed by atoms with Gasteiger partial charge in [-0.1, -0.05) is 19.9 Å². The Morgan fingerprint density at radius 1 is 1.38 bits per heavy atom. The highest BCUT2D eigenvalue weighted by Crippen LogP contribution is 2.39. The molecule has 2 aliphatic rings. The summed E-state index contributed by atoms with van der Waals surface area (Å²) in [5.74, 6) is 1.62. The highest BCUT2D eigenvalue weighted by atomic mass is 32.1. The molecule has 1 atom stereocenters. The molecule has 0 amide bonds. The predicted octanol–water partition coefficient (Wildman–Crippen LogP) is 3.63. The van der Waals surface area contributed by atoms with Gasteiger partial charge in [0.2, 0.25) is 0 Å². The van der Waals surface area contributed by atoms with Gasteiger partial charge in [0.05, 0.1) is 22.7 Å². The van der Waals surface area contributed by atoms with E-state index in [1.54, 1.807) is 17.5 Å². The summed E-state index contributed by atoms with van der Waals surface area (Å²) >= 11 is 1.73. The van der Waals surface area contributed by atoms with Crippen molar-refractivity contribution in [2.24, 2.45) is 10.9 Å². The zero-order valence-corrected chi connectivity index (χ0v) is 15.4. The van der Waals surface area contributed by atoms with E-state index in [0.29, 0.717) is 0 Å². The zero-order chi connectivity index (χ0) is 17.1. The molecule has 3 rings (SSSR count). The van der Waals surface area contributed by atoms with Crippen molar-refractivity contribution in [3.63, 3.8) is 0 Å². The van der Waals surface area contributed by atoms with Crippen molar-refractivity contribution in [1.82, 2.24) is 5.32 Å². The number of aliphatic imine (C=N–C) groups is 1. The zero-order valence-electron chi connectivity index (χ0n) is 14.6. The second-order valence-electron chi connectivity index (χ2n) is 7.05. The van der Waals surface area contributed by atoms with Crippen molar-refractivity contribution in [3.8, 4) is 0 Å². The highest BCUT2D eigenvalue weighted by molar-refractivity contribution is 7.16. The summed E-state index contributed by atoms with van der Waals surface area (Å²) in [6, 6.07) is 0.261. The molecule has 1 heterocycles. The lowest BCUT2D eigenvalue weighted by Gasteiger charge is -2.25. The number of hydrogen-bond acceptors (Lipinski definition) is 4. The number of thiophene rings is 1. The number of anilines is 1. The molecule has 0 aliphatic heterocycles. The maximum atomic E-state index is 9.71. The number of nitrogens with zero attached hydrogens (tertiary/aromatic N) is 1. The van der Waals surface area contributed by atoms with Crippen LogP contribution in [0.2, 0.25) is 0 Å². The molecule has 0 saturated heterocycles. The molecule has 1 fully saturated rings. The normalized spacial score (nSPS) is 27.6. The minimum absolute atomic E-state index is 0.156. The van der Waals surface area contributed by atoms with Crippen molar-refractivity contribution < 1.29 is 5.11 Å². The third-order valence-corrected chi connectivity index (χ3v) is 6.54. The van der Waals surface area contributed by atoms with Crippen molar-refractivity contribution in [2.75, 3.05) is 5.73 Å². The van der Waals surface area contributed by atoms with Crippen molar-refractivity contribution in [3.05, 3.63) is 28.8 Å². The molecule has 4 N–H and O–H groups in total. The van der Waals surface area contributed by atoms with Gasteiger partial charge in [-0.25, -0.2) is 0 Å². The van der Waals surface area contributed by atoms with Crippen LogP contribution in [0.4, 0.5) is 5.00 Å². The molecule has 24 heavy (non-hydrogen) atoms. The summed E-state index contributed by atoms with van der Waals surface area (Å²) in [5, 5.41) is 13.8. The largest absolute Gasteiger partial charge is 0.393 e. The maximum Gasteiger partial charge on any atom is 0.135 e. The Labute approximate surface area is 148 Å². The van der Waals surface area contributed by atoms with E-state index in [9.17, 15) is 5.11 Å². The summed E-state index contributed by atoms with van der Waals surface area (Å²) in [7, 11) is 0.